The maximum Gasteiger partial charge on any atom is 0.270 e. The van der Waals surface area contributed by atoms with E-state index in [4.69, 9.17) is 0 Å². The molecule has 0 bridgehead atoms. The lowest BCUT2D eigenvalue weighted by Gasteiger charge is -2.07. The fourth-order valence-electron chi connectivity index (χ4n) is 2.79. The number of non-ortho nitro benzene ring substituents is 1. The summed E-state index contributed by atoms with van der Waals surface area (Å²) >= 11 is 4.35. The number of aryl methyl sites for hydroxylation is 1. The van der Waals surface area contributed by atoms with Crippen LogP contribution in [0.25, 0.3) is 0 Å². The van der Waals surface area contributed by atoms with Gasteiger partial charge in [-0.15, -0.1) is 25.0 Å². The Hall–Kier alpha value is -0.780. The van der Waals surface area contributed by atoms with Crippen molar-refractivity contribution in [1.29, 1.82) is 0 Å². The summed E-state index contributed by atoms with van der Waals surface area (Å²) in [5, 5.41) is 14.2. The van der Waals surface area contributed by atoms with Crippen molar-refractivity contribution in [3.05, 3.63) is 33.9 Å². The van der Waals surface area contributed by atoms with Crippen LogP contribution in [-0.2, 0) is 6.42 Å². The molecule has 1 N–H and O–H groups in total. The van der Waals surface area contributed by atoms with Gasteiger partial charge in [0, 0.05) is 17.0 Å². The maximum atomic E-state index is 10.7. The molecule has 4 nitrogen and oxygen atoms in total. The van der Waals surface area contributed by atoms with E-state index in [1.54, 1.807) is 6.07 Å². The van der Waals surface area contributed by atoms with Gasteiger partial charge in [0.2, 0.25) is 0 Å². The van der Waals surface area contributed by atoms with Crippen molar-refractivity contribution in [2.24, 2.45) is 0 Å². The van der Waals surface area contributed by atoms with Crippen LogP contribution in [0.5, 0.6) is 0 Å². The van der Waals surface area contributed by atoms with Gasteiger partial charge in [-0.25, -0.2) is 0 Å². The molecule has 25 heavy (non-hydrogen) atoms. The molecule has 0 spiro atoms. The number of nitrogens with one attached hydrogen (secondary N) is 1. The first kappa shape index (κ1) is 24.2. The van der Waals surface area contributed by atoms with E-state index < -0.39 is 0 Å². The normalized spacial score (nSPS) is 10.5. The molecule has 0 unspecified atom stereocenters. The summed E-state index contributed by atoms with van der Waals surface area (Å²) in [6, 6.07) is 4.91. The minimum absolute atomic E-state index is 0. The fraction of sp³-hybridized carbons (Fsp3) is 0.684. The van der Waals surface area contributed by atoms with Crippen LogP contribution in [0.4, 0.5) is 5.69 Å². The lowest BCUT2D eigenvalue weighted by Crippen LogP contribution is -2.17. The summed E-state index contributed by atoms with van der Waals surface area (Å²) in [7, 11) is 0. The Morgan fingerprint density at radius 3 is 2.20 bits per heavy atom. The fourth-order valence-corrected chi connectivity index (χ4v) is 3.11. The topological polar surface area (TPSA) is 55.2 Å². The van der Waals surface area contributed by atoms with Gasteiger partial charge in [0.05, 0.1) is 4.92 Å². The number of nitro groups is 1. The highest BCUT2D eigenvalue weighted by molar-refractivity contribution is 7.80. The first-order valence-electron chi connectivity index (χ1n) is 9.32. The third-order valence-corrected chi connectivity index (χ3v) is 4.70. The third kappa shape index (κ3) is 11.4. The lowest BCUT2D eigenvalue weighted by molar-refractivity contribution is -0.385. The zero-order valence-electron chi connectivity index (χ0n) is 15.3. The van der Waals surface area contributed by atoms with Crippen LogP contribution in [0.3, 0.4) is 0 Å². The van der Waals surface area contributed by atoms with Crippen LogP contribution in [0.2, 0.25) is 0 Å². The second kappa shape index (κ2) is 15.5. The van der Waals surface area contributed by atoms with Gasteiger partial charge in [0.25, 0.3) is 5.69 Å². The predicted molar refractivity (Wildman–Crippen MR) is 111 cm³/mol. The molecule has 0 aliphatic rings. The highest BCUT2D eigenvalue weighted by Crippen LogP contribution is 2.21. The first-order valence-corrected chi connectivity index (χ1v) is 9.77. The molecule has 0 amide bonds. The van der Waals surface area contributed by atoms with Gasteiger partial charge >= 0.3 is 0 Å². The van der Waals surface area contributed by atoms with Crippen molar-refractivity contribution in [2.75, 3.05) is 13.1 Å². The van der Waals surface area contributed by atoms with Crippen molar-refractivity contribution < 1.29 is 4.92 Å². The zero-order valence-corrected chi connectivity index (χ0v) is 17.0. The van der Waals surface area contributed by atoms with E-state index >= 15 is 0 Å². The van der Waals surface area contributed by atoms with Gasteiger partial charge < -0.3 is 5.32 Å². The van der Waals surface area contributed by atoms with E-state index in [0.717, 1.165) is 31.5 Å². The van der Waals surface area contributed by atoms with E-state index in [1.165, 1.54) is 57.4 Å². The largest absolute Gasteiger partial charge is 0.317 e. The molecule has 0 radical (unpaired) electrons. The average molecular weight is 389 g/mol. The van der Waals surface area contributed by atoms with Crippen molar-refractivity contribution in [3.8, 4) is 0 Å². The summed E-state index contributed by atoms with van der Waals surface area (Å²) < 4.78 is 0. The number of thiol groups is 1. The summed E-state index contributed by atoms with van der Waals surface area (Å²) in [4.78, 5) is 11.0. The number of benzene rings is 1. The second-order valence-electron chi connectivity index (χ2n) is 6.40. The SMILES string of the molecule is CCCCCCCCCCNCCCc1ccc([N+](=O)[O-])cc1S.Cl. The molecule has 1 aromatic carbocycles. The van der Waals surface area contributed by atoms with Crippen molar-refractivity contribution >= 4 is 30.7 Å². The van der Waals surface area contributed by atoms with Gasteiger partial charge in [0.15, 0.2) is 0 Å². The minimum Gasteiger partial charge on any atom is -0.317 e. The monoisotopic (exact) mass is 388 g/mol. The number of hydrogen-bond acceptors (Lipinski definition) is 4. The van der Waals surface area contributed by atoms with Crippen LogP contribution in [0.1, 0.15) is 70.3 Å². The number of hydrogen-bond donors (Lipinski definition) is 2. The molecule has 0 aliphatic carbocycles. The number of nitro benzene ring substituents is 1. The van der Waals surface area contributed by atoms with E-state index in [1.807, 2.05) is 6.07 Å². The highest BCUT2D eigenvalue weighted by atomic mass is 35.5. The summed E-state index contributed by atoms with van der Waals surface area (Å²) in [6.45, 7) is 4.33. The summed E-state index contributed by atoms with van der Waals surface area (Å²) in [6.07, 6.45) is 12.7. The van der Waals surface area contributed by atoms with Crippen LogP contribution >= 0.6 is 25.0 Å². The first-order chi connectivity index (χ1) is 11.6. The zero-order chi connectivity index (χ0) is 17.6. The molecule has 144 valence electrons. The van der Waals surface area contributed by atoms with Crippen LogP contribution in [0.15, 0.2) is 23.1 Å². The molecule has 0 fully saturated rings. The van der Waals surface area contributed by atoms with Gasteiger partial charge in [-0.05, 0) is 37.9 Å². The standard InChI is InChI=1S/C19H32N2O2S.ClH/c1-2-3-4-5-6-7-8-9-14-20-15-10-11-17-12-13-18(21(22)23)16-19(17)24;/h12-13,16,20,24H,2-11,14-15H2,1H3;1H. The molecule has 0 aliphatic heterocycles. The van der Waals surface area contributed by atoms with Gasteiger partial charge in [-0.3, -0.25) is 10.1 Å². The van der Waals surface area contributed by atoms with E-state index in [9.17, 15) is 10.1 Å². The summed E-state index contributed by atoms with van der Waals surface area (Å²) in [5.41, 5.74) is 1.19. The van der Waals surface area contributed by atoms with E-state index in [2.05, 4.69) is 24.9 Å². The number of unbranched alkanes of at least 4 members (excludes halogenated alkanes) is 7. The number of nitrogens with zero attached hydrogens (tertiary/aromatic N) is 1. The van der Waals surface area contributed by atoms with Crippen molar-refractivity contribution in [2.45, 2.75) is 76.0 Å². The predicted octanol–water partition coefficient (Wildman–Crippen LogP) is 5.97. The molecule has 0 atom stereocenters. The molecular formula is C19H33ClN2O2S. The third-order valence-electron chi connectivity index (χ3n) is 4.29. The molecular weight excluding hydrogens is 356 g/mol. The van der Waals surface area contributed by atoms with E-state index in [-0.39, 0.29) is 23.0 Å². The van der Waals surface area contributed by atoms with Crippen LogP contribution in [-0.4, -0.2) is 18.0 Å². The number of rotatable bonds is 14. The van der Waals surface area contributed by atoms with Crippen LogP contribution < -0.4 is 5.32 Å². The van der Waals surface area contributed by atoms with Crippen LogP contribution in [0, 0.1) is 10.1 Å². The molecule has 0 heterocycles. The molecule has 1 rings (SSSR count). The Bertz CT molecular complexity index is 486. The molecule has 0 saturated carbocycles. The maximum absolute atomic E-state index is 10.7. The highest BCUT2D eigenvalue weighted by Gasteiger charge is 2.08. The quantitative estimate of drug-likeness (QED) is 0.179. The average Bonchev–Trinajstić information content (AvgIpc) is 2.57. The van der Waals surface area contributed by atoms with Gasteiger partial charge in [-0.2, -0.15) is 0 Å². The van der Waals surface area contributed by atoms with Gasteiger partial charge in [-0.1, -0.05) is 57.9 Å². The minimum atomic E-state index is -0.380. The van der Waals surface area contributed by atoms with Crippen molar-refractivity contribution in [1.82, 2.24) is 5.32 Å². The van der Waals surface area contributed by atoms with Crippen molar-refractivity contribution in [3.63, 3.8) is 0 Å². The molecule has 6 heteroatoms. The Kier molecular flexibility index (Phi) is 15.0. The second-order valence-corrected chi connectivity index (χ2v) is 6.88. The molecule has 0 aromatic heterocycles. The Balaban J connectivity index is 0.00000576. The molecule has 1 aromatic rings. The van der Waals surface area contributed by atoms with E-state index in [0.29, 0.717) is 4.90 Å². The Morgan fingerprint density at radius 1 is 1.00 bits per heavy atom. The summed E-state index contributed by atoms with van der Waals surface area (Å²) in [5.74, 6) is 0. The molecule has 0 saturated heterocycles. The Morgan fingerprint density at radius 2 is 1.60 bits per heavy atom. The number of halogens is 1. The lowest BCUT2D eigenvalue weighted by atomic mass is 10.1. The smallest absolute Gasteiger partial charge is 0.270 e. The van der Waals surface area contributed by atoms with Gasteiger partial charge in [0.1, 0.15) is 0 Å². The Labute approximate surface area is 164 Å².